The molecule has 2 aromatic carbocycles. The minimum Gasteiger partial charge on any atom is -0.268 e. The van der Waals surface area contributed by atoms with Crippen LogP contribution in [-0.2, 0) is 9.59 Å². The summed E-state index contributed by atoms with van der Waals surface area (Å²) in [5, 5.41) is 0.0369. The molecule has 0 unspecified atom stereocenters. The topological polar surface area (TPSA) is 37.4 Å². The zero-order valence-electron chi connectivity index (χ0n) is 15.5. The first-order valence-corrected chi connectivity index (χ1v) is 9.41. The molecule has 0 saturated heterocycles. The quantitative estimate of drug-likeness (QED) is 0.692. The van der Waals surface area contributed by atoms with Gasteiger partial charge >= 0.3 is 0 Å². The Morgan fingerprint density at radius 1 is 0.963 bits per heavy atom. The third-order valence-corrected chi connectivity index (χ3v) is 5.28. The van der Waals surface area contributed by atoms with Gasteiger partial charge in [0.15, 0.2) is 0 Å². The van der Waals surface area contributed by atoms with E-state index in [1.54, 1.807) is 6.07 Å². The minimum atomic E-state index is -0.825. The van der Waals surface area contributed by atoms with Gasteiger partial charge in [-0.05, 0) is 37.1 Å². The maximum Gasteiger partial charge on any atom is 0.272 e. The molecule has 0 atom stereocenters. The van der Waals surface area contributed by atoms with Gasteiger partial charge in [0, 0.05) is 11.3 Å². The van der Waals surface area contributed by atoms with Crippen molar-refractivity contribution in [1.29, 1.82) is 0 Å². The van der Waals surface area contributed by atoms with Gasteiger partial charge in [-0.3, -0.25) is 9.59 Å². The van der Waals surface area contributed by atoms with Gasteiger partial charge in [-0.1, -0.05) is 37.6 Å². The average Bonchev–Trinajstić information content (AvgIpc) is 2.81. The first-order valence-electron chi connectivity index (χ1n) is 8.53. The zero-order valence-corrected chi connectivity index (χ0v) is 16.3. The summed E-state index contributed by atoms with van der Waals surface area (Å²) in [5.41, 5.74) is 2.36. The minimum absolute atomic E-state index is 0.0369. The molecule has 2 amide bonds. The largest absolute Gasteiger partial charge is 0.272 e. The summed E-state index contributed by atoms with van der Waals surface area (Å²) in [5.74, 6) is -2.81. The first kappa shape index (κ1) is 19.3. The third kappa shape index (κ3) is 3.54. The highest BCUT2D eigenvalue weighted by atomic mass is 32.2. The van der Waals surface area contributed by atoms with Gasteiger partial charge in [0.2, 0.25) is 0 Å². The molecular formula is C21H19F2NO2S. The molecule has 1 aliphatic rings. The van der Waals surface area contributed by atoms with Gasteiger partial charge in [0.25, 0.3) is 11.8 Å². The van der Waals surface area contributed by atoms with Crippen molar-refractivity contribution in [3.63, 3.8) is 0 Å². The number of anilines is 1. The van der Waals surface area contributed by atoms with Crippen molar-refractivity contribution >= 4 is 34.8 Å². The number of nitrogens with zero attached hydrogens (tertiary/aromatic N) is 1. The van der Waals surface area contributed by atoms with Crippen LogP contribution < -0.4 is 4.90 Å². The highest BCUT2D eigenvalue weighted by molar-refractivity contribution is 8.04. The molecule has 3 nitrogen and oxygen atoms in total. The number of hydrogen-bond acceptors (Lipinski definition) is 3. The van der Waals surface area contributed by atoms with Gasteiger partial charge in [-0.25, -0.2) is 13.7 Å². The molecule has 2 aromatic rings. The number of carbonyl (C=O) groups excluding carboxylic acids is 2. The number of benzene rings is 2. The fraction of sp³-hybridized carbons (Fsp3) is 0.238. The van der Waals surface area contributed by atoms with E-state index < -0.39 is 23.4 Å². The summed E-state index contributed by atoms with van der Waals surface area (Å²) >= 11 is 1.25. The smallest absolute Gasteiger partial charge is 0.268 e. The molecule has 1 aliphatic heterocycles. The summed E-state index contributed by atoms with van der Waals surface area (Å²) in [7, 11) is 0. The number of imide groups is 1. The van der Waals surface area contributed by atoms with Gasteiger partial charge in [0.05, 0.1) is 16.2 Å². The molecule has 0 aliphatic carbocycles. The van der Waals surface area contributed by atoms with Crippen molar-refractivity contribution in [2.45, 2.75) is 32.9 Å². The monoisotopic (exact) mass is 387 g/mol. The summed E-state index contributed by atoms with van der Waals surface area (Å²) in [6.07, 6.45) is 0. The van der Waals surface area contributed by atoms with Crippen LogP contribution >= 0.6 is 11.8 Å². The maximum atomic E-state index is 14.3. The van der Waals surface area contributed by atoms with E-state index in [-0.39, 0.29) is 21.4 Å². The van der Waals surface area contributed by atoms with E-state index in [1.165, 1.54) is 11.8 Å². The number of aryl methyl sites for hydroxylation is 2. The lowest BCUT2D eigenvalue weighted by Gasteiger charge is -2.16. The van der Waals surface area contributed by atoms with E-state index in [0.717, 1.165) is 34.2 Å². The van der Waals surface area contributed by atoms with Gasteiger partial charge < -0.3 is 0 Å². The van der Waals surface area contributed by atoms with E-state index in [0.29, 0.717) is 5.56 Å². The Balaban J connectivity index is 2.19. The van der Waals surface area contributed by atoms with E-state index >= 15 is 0 Å². The van der Waals surface area contributed by atoms with Crippen LogP contribution in [0.4, 0.5) is 14.5 Å². The molecule has 0 N–H and O–H groups in total. The Kier molecular flexibility index (Phi) is 5.20. The van der Waals surface area contributed by atoms with Gasteiger partial charge in [-0.2, -0.15) is 0 Å². The van der Waals surface area contributed by atoms with Crippen LogP contribution in [0.15, 0.2) is 41.3 Å². The SMILES string of the molecule is Cc1ccc(C2=C(SC(C)C)C(=O)N(c3cc(F)ccc3F)C2=O)c(C)c1. The van der Waals surface area contributed by atoms with Crippen LogP contribution in [0.1, 0.15) is 30.5 Å². The van der Waals surface area contributed by atoms with E-state index in [9.17, 15) is 18.4 Å². The molecule has 0 radical (unpaired) electrons. The van der Waals surface area contributed by atoms with E-state index in [4.69, 9.17) is 0 Å². The van der Waals surface area contributed by atoms with E-state index in [1.807, 2.05) is 39.8 Å². The van der Waals surface area contributed by atoms with E-state index in [2.05, 4.69) is 0 Å². The number of halogens is 2. The van der Waals surface area contributed by atoms with Crippen LogP contribution in [0.2, 0.25) is 0 Å². The molecule has 3 rings (SSSR count). The molecule has 0 saturated carbocycles. The Hall–Kier alpha value is -2.47. The van der Waals surface area contributed by atoms with Crippen molar-refractivity contribution in [3.8, 4) is 0 Å². The number of thioether (sulfide) groups is 1. The van der Waals surface area contributed by atoms with Crippen molar-refractivity contribution in [1.82, 2.24) is 0 Å². The van der Waals surface area contributed by atoms with Crippen LogP contribution in [-0.4, -0.2) is 17.1 Å². The van der Waals surface area contributed by atoms with Crippen LogP contribution in [0.3, 0.4) is 0 Å². The predicted octanol–water partition coefficient (Wildman–Crippen LogP) is 5.01. The summed E-state index contributed by atoms with van der Waals surface area (Å²) < 4.78 is 27.9. The second kappa shape index (κ2) is 7.27. The normalized spacial score (nSPS) is 14.7. The molecular weight excluding hydrogens is 368 g/mol. The number of amides is 2. The Morgan fingerprint density at radius 3 is 2.30 bits per heavy atom. The predicted molar refractivity (Wildman–Crippen MR) is 104 cm³/mol. The zero-order chi connectivity index (χ0) is 19.9. The van der Waals surface area contributed by atoms with Crippen molar-refractivity contribution in [2.24, 2.45) is 0 Å². The number of carbonyl (C=O) groups is 2. The fourth-order valence-corrected chi connectivity index (χ4v) is 4.04. The molecule has 0 spiro atoms. The van der Waals surface area contributed by atoms with Crippen LogP contribution in [0, 0.1) is 25.5 Å². The van der Waals surface area contributed by atoms with Crippen molar-refractivity contribution < 1.29 is 18.4 Å². The highest BCUT2D eigenvalue weighted by Crippen LogP contribution is 2.41. The van der Waals surface area contributed by atoms with Gasteiger partial charge in [0.1, 0.15) is 11.6 Å². The van der Waals surface area contributed by atoms with Crippen LogP contribution in [0.25, 0.3) is 5.57 Å². The lowest BCUT2D eigenvalue weighted by molar-refractivity contribution is -0.119. The molecule has 1 heterocycles. The average molecular weight is 387 g/mol. The van der Waals surface area contributed by atoms with Crippen molar-refractivity contribution in [2.75, 3.05) is 4.90 Å². The number of rotatable bonds is 4. The molecule has 27 heavy (non-hydrogen) atoms. The first-order chi connectivity index (χ1) is 12.7. The Labute approximate surface area is 161 Å². The highest BCUT2D eigenvalue weighted by Gasteiger charge is 2.42. The summed E-state index contributed by atoms with van der Waals surface area (Å²) in [4.78, 5) is 27.2. The summed E-state index contributed by atoms with van der Waals surface area (Å²) in [6.45, 7) is 7.60. The number of hydrogen-bond donors (Lipinski definition) is 0. The molecule has 140 valence electrons. The lowest BCUT2D eigenvalue weighted by Crippen LogP contribution is -2.32. The molecule has 0 aromatic heterocycles. The van der Waals surface area contributed by atoms with Crippen LogP contribution in [0.5, 0.6) is 0 Å². The summed E-state index contributed by atoms with van der Waals surface area (Å²) in [6, 6.07) is 8.30. The molecule has 0 fully saturated rings. The molecule has 0 bridgehead atoms. The van der Waals surface area contributed by atoms with Gasteiger partial charge in [-0.15, -0.1) is 11.8 Å². The second-order valence-electron chi connectivity index (χ2n) is 6.73. The maximum absolute atomic E-state index is 14.3. The Morgan fingerprint density at radius 2 is 1.67 bits per heavy atom. The second-order valence-corrected chi connectivity index (χ2v) is 8.32. The fourth-order valence-electron chi connectivity index (χ4n) is 3.06. The van der Waals surface area contributed by atoms with Crippen molar-refractivity contribution in [3.05, 3.63) is 69.6 Å². The molecule has 6 heteroatoms. The third-order valence-electron chi connectivity index (χ3n) is 4.20. The standard InChI is InChI=1S/C21H19F2NO2S/c1-11(2)27-19-18(15-7-5-12(3)9-13(15)4)20(25)24(21(19)26)17-10-14(22)6-8-16(17)23/h5-11H,1-4H3. The Bertz CT molecular complexity index is 982. The lowest BCUT2D eigenvalue weighted by atomic mass is 9.99.